The monoisotopic (exact) mass is 313 g/mol. The van der Waals surface area contributed by atoms with Crippen LogP contribution in [0.25, 0.3) is 11.1 Å². The Kier molecular flexibility index (Phi) is 5.13. The number of rotatable bonds is 6. The van der Waals surface area contributed by atoms with E-state index in [0.717, 1.165) is 43.4 Å². The topological polar surface area (TPSA) is 51.5 Å². The molecule has 1 saturated heterocycles. The number of furan rings is 1. The van der Waals surface area contributed by atoms with Crippen LogP contribution >= 0.6 is 0 Å². The SMILES string of the molecule is C[C@@H](CC[C@H]1CCCO1)NC(=O)c1occc1-c1ccccc1. The second-order valence-corrected chi connectivity index (χ2v) is 6.12. The highest BCUT2D eigenvalue weighted by Crippen LogP contribution is 2.25. The van der Waals surface area contributed by atoms with E-state index in [1.807, 2.05) is 43.3 Å². The molecular formula is C19H23NO3. The van der Waals surface area contributed by atoms with Gasteiger partial charge in [-0.2, -0.15) is 0 Å². The lowest BCUT2D eigenvalue weighted by molar-refractivity contribution is 0.0878. The van der Waals surface area contributed by atoms with Crippen molar-refractivity contribution in [2.24, 2.45) is 0 Å². The predicted molar refractivity (Wildman–Crippen MR) is 89.3 cm³/mol. The van der Waals surface area contributed by atoms with Crippen LogP contribution in [0.1, 0.15) is 43.2 Å². The first kappa shape index (κ1) is 15.8. The molecular weight excluding hydrogens is 290 g/mol. The normalized spacial score (nSPS) is 18.7. The summed E-state index contributed by atoms with van der Waals surface area (Å²) in [5.74, 6) is 0.217. The van der Waals surface area contributed by atoms with Gasteiger partial charge >= 0.3 is 0 Å². The van der Waals surface area contributed by atoms with E-state index in [9.17, 15) is 4.79 Å². The van der Waals surface area contributed by atoms with Gasteiger partial charge in [0.1, 0.15) is 0 Å². The predicted octanol–water partition coefficient (Wildman–Crippen LogP) is 4.02. The summed E-state index contributed by atoms with van der Waals surface area (Å²) in [5, 5.41) is 3.03. The summed E-state index contributed by atoms with van der Waals surface area (Å²) in [6.07, 6.45) is 6.12. The molecule has 0 bridgehead atoms. The fourth-order valence-corrected chi connectivity index (χ4v) is 3.00. The van der Waals surface area contributed by atoms with Crippen LogP contribution in [-0.4, -0.2) is 24.7 Å². The number of hydrogen-bond acceptors (Lipinski definition) is 3. The zero-order valence-electron chi connectivity index (χ0n) is 13.5. The molecule has 1 aliphatic heterocycles. The maximum absolute atomic E-state index is 12.5. The Balaban J connectivity index is 1.59. The van der Waals surface area contributed by atoms with Gasteiger partial charge in [0, 0.05) is 18.2 Å². The molecule has 2 heterocycles. The molecule has 4 nitrogen and oxygen atoms in total. The van der Waals surface area contributed by atoms with E-state index < -0.39 is 0 Å². The van der Waals surface area contributed by atoms with Crippen molar-refractivity contribution in [2.75, 3.05) is 6.61 Å². The maximum atomic E-state index is 12.5. The molecule has 0 radical (unpaired) electrons. The fraction of sp³-hybridized carbons (Fsp3) is 0.421. The second kappa shape index (κ2) is 7.47. The van der Waals surface area contributed by atoms with Gasteiger partial charge in [0.2, 0.25) is 0 Å². The molecule has 1 fully saturated rings. The Morgan fingerprint density at radius 2 is 2.13 bits per heavy atom. The van der Waals surface area contributed by atoms with Crippen LogP contribution in [0.4, 0.5) is 0 Å². The summed E-state index contributed by atoms with van der Waals surface area (Å²) in [6, 6.07) is 11.7. The number of carbonyl (C=O) groups excluding carboxylic acids is 1. The molecule has 0 saturated carbocycles. The number of amides is 1. The molecule has 1 aromatic carbocycles. The molecule has 1 amide bonds. The first-order valence-corrected chi connectivity index (χ1v) is 8.29. The average molecular weight is 313 g/mol. The lowest BCUT2D eigenvalue weighted by Gasteiger charge is -2.16. The molecule has 3 rings (SSSR count). The van der Waals surface area contributed by atoms with E-state index in [0.29, 0.717) is 11.9 Å². The zero-order chi connectivity index (χ0) is 16.1. The van der Waals surface area contributed by atoms with Crippen LogP contribution in [0, 0.1) is 0 Å². The fourth-order valence-electron chi connectivity index (χ4n) is 3.00. The van der Waals surface area contributed by atoms with Crippen molar-refractivity contribution in [2.45, 2.75) is 44.8 Å². The summed E-state index contributed by atoms with van der Waals surface area (Å²) in [7, 11) is 0. The van der Waals surface area contributed by atoms with Gasteiger partial charge in [0.25, 0.3) is 5.91 Å². The Morgan fingerprint density at radius 1 is 1.30 bits per heavy atom. The standard InChI is InChI=1S/C19H23NO3/c1-14(9-10-16-8-5-12-22-16)20-19(21)18-17(11-13-23-18)15-6-3-2-4-7-15/h2-4,6-7,11,13-14,16H,5,8-10,12H2,1H3,(H,20,21)/t14-,16+/m0/s1. The van der Waals surface area contributed by atoms with Gasteiger partial charge in [-0.15, -0.1) is 0 Å². The van der Waals surface area contributed by atoms with Gasteiger partial charge in [0.15, 0.2) is 5.76 Å². The van der Waals surface area contributed by atoms with Gasteiger partial charge in [-0.25, -0.2) is 0 Å². The minimum atomic E-state index is -0.159. The van der Waals surface area contributed by atoms with Crippen LogP contribution in [0.3, 0.4) is 0 Å². The molecule has 2 atom stereocenters. The zero-order valence-corrected chi connectivity index (χ0v) is 13.5. The van der Waals surface area contributed by atoms with Crippen LogP contribution in [0.5, 0.6) is 0 Å². The van der Waals surface area contributed by atoms with Crippen molar-refractivity contribution in [1.82, 2.24) is 5.32 Å². The number of hydrogen-bond donors (Lipinski definition) is 1. The van der Waals surface area contributed by atoms with E-state index in [-0.39, 0.29) is 11.9 Å². The minimum Gasteiger partial charge on any atom is -0.459 e. The molecule has 1 N–H and O–H groups in total. The van der Waals surface area contributed by atoms with Crippen LogP contribution < -0.4 is 5.32 Å². The van der Waals surface area contributed by atoms with Crippen molar-refractivity contribution >= 4 is 5.91 Å². The molecule has 23 heavy (non-hydrogen) atoms. The summed E-state index contributed by atoms with van der Waals surface area (Å²) < 4.78 is 11.0. The Morgan fingerprint density at radius 3 is 2.87 bits per heavy atom. The van der Waals surface area contributed by atoms with Crippen molar-refractivity contribution < 1.29 is 13.9 Å². The summed E-state index contributed by atoms with van der Waals surface area (Å²) in [6.45, 7) is 2.90. The number of nitrogens with one attached hydrogen (secondary N) is 1. The van der Waals surface area contributed by atoms with E-state index in [1.54, 1.807) is 6.26 Å². The lowest BCUT2D eigenvalue weighted by Crippen LogP contribution is -2.33. The Bertz CT molecular complexity index is 629. The molecule has 1 aromatic heterocycles. The van der Waals surface area contributed by atoms with Gasteiger partial charge < -0.3 is 14.5 Å². The highest BCUT2D eigenvalue weighted by Gasteiger charge is 2.20. The summed E-state index contributed by atoms with van der Waals surface area (Å²) in [4.78, 5) is 12.5. The highest BCUT2D eigenvalue weighted by molar-refractivity contribution is 5.98. The molecule has 0 unspecified atom stereocenters. The third kappa shape index (κ3) is 4.02. The Hall–Kier alpha value is -2.07. The van der Waals surface area contributed by atoms with Crippen molar-refractivity contribution in [3.05, 3.63) is 48.4 Å². The van der Waals surface area contributed by atoms with Crippen molar-refractivity contribution in [1.29, 1.82) is 0 Å². The van der Waals surface area contributed by atoms with Gasteiger partial charge in [-0.3, -0.25) is 4.79 Å². The lowest BCUT2D eigenvalue weighted by atomic mass is 10.0. The molecule has 2 aromatic rings. The molecule has 0 aliphatic carbocycles. The highest BCUT2D eigenvalue weighted by atomic mass is 16.5. The molecule has 0 spiro atoms. The van der Waals surface area contributed by atoms with Gasteiger partial charge in [0.05, 0.1) is 12.4 Å². The smallest absolute Gasteiger partial charge is 0.287 e. The maximum Gasteiger partial charge on any atom is 0.287 e. The van der Waals surface area contributed by atoms with Crippen LogP contribution in [-0.2, 0) is 4.74 Å². The van der Waals surface area contributed by atoms with E-state index >= 15 is 0 Å². The number of carbonyl (C=O) groups is 1. The summed E-state index contributed by atoms with van der Waals surface area (Å²) >= 11 is 0. The first-order chi connectivity index (χ1) is 11.2. The average Bonchev–Trinajstić information content (AvgIpc) is 3.25. The number of ether oxygens (including phenoxy) is 1. The quantitative estimate of drug-likeness (QED) is 0.876. The summed E-state index contributed by atoms with van der Waals surface area (Å²) in [5.41, 5.74) is 1.81. The number of benzene rings is 1. The van der Waals surface area contributed by atoms with Crippen LogP contribution in [0.2, 0.25) is 0 Å². The van der Waals surface area contributed by atoms with Crippen molar-refractivity contribution in [3.63, 3.8) is 0 Å². The van der Waals surface area contributed by atoms with Gasteiger partial charge in [-0.05, 0) is 44.2 Å². The van der Waals surface area contributed by atoms with E-state index in [1.165, 1.54) is 0 Å². The molecule has 1 aliphatic rings. The van der Waals surface area contributed by atoms with Crippen LogP contribution in [0.15, 0.2) is 47.1 Å². The molecule has 122 valence electrons. The van der Waals surface area contributed by atoms with E-state index in [2.05, 4.69) is 5.32 Å². The third-order valence-corrected chi connectivity index (χ3v) is 4.28. The second-order valence-electron chi connectivity index (χ2n) is 6.12. The van der Waals surface area contributed by atoms with E-state index in [4.69, 9.17) is 9.15 Å². The van der Waals surface area contributed by atoms with Crippen molar-refractivity contribution in [3.8, 4) is 11.1 Å². The first-order valence-electron chi connectivity index (χ1n) is 8.29. The minimum absolute atomic E-state index is 0.0976. The van der Waals surface area contributed by atoms with Gasteiger partial charge in [-0.1, -0.05) is 30.3 Å². The largest absolute Gasteiger partial charge is 0.459 e. The Labute approximate surface area is 136 Å². The molecule has 4 heteroatoms. The third-order valence-electron chi connectivity index (χ3n) is 4.28.